The van der Waals surface area contributed by atoms with Crippen molar-refractivity contribution < 1.29 is 0 Å². The SMILES string of the molecule is C=Cc1cccc(CN2CCNCC2)c1.Cl.Cl. The molecule has 96 valence electrons. The van der Waals surface area contributed by atoms with E-state index in [9.17, 15) is 0 Å². The fraction of sp³-hybridized carbons (Fsp3) is 0.385. The zero-order chi connectivity index (χ0) is 10.5. The molecule has 1 heterocycles. The minimum absolute atomic E-state index is 0. The Labute approximate surface area is 116 Å². The quantitative estimate of drug-likeness (QED) is 0.912. The maximum atomic E-state index is 3.80. The summed E-state index contributed by atoms with van der Waals surface area (Å²) in [6.45, 7) is 9.38. The number of nitrogens with one attached hydrogen (secondary N) is 1. The fourth-order valence-corrected chi connectivity index (χ4v) is 1.95. The van der Waals surface area contributed by atoms with Crippen molar-refractivity contribution in [3.63, 3.8) is 0 Å². The second kappa shape index (κ2) is 8.54. The van der Waals surface area contributed by atoms with E-state index in [1.165, 1.54) is 11.1 Å². The molecular weight excluding hydrogens is 255 g/mol. The van der Waals surface area contributed by atoms with Crippen molar-refractivity contribution >= 4 is 30.9 Å². The second-order valence-corrected chi connectivity index (χ2v) is 3.98. The summed E-state index contributed by atoms with van der Waals surface area (Å²) in [6.07, 6.45) is 1.90. The highest BCUT2D eigenvalue weighted by Crippen LogP contribution is 2.09. The molecule has 0 aromatic heterocycles. The molecule has 0 unspecified atom stereocenters. The van der Waals surface area contributed by atoms with Crippen molar-refractivity contribution in [2.45, 2.75) is 6.54 Å². The standard InChI is InChI=1S/C13H18N2.2ClH/c1-2-12-4-3-5-13(10-12)11-15-8-6-14-7-9-15;;/h2-5,10,14H,1,6-9,11H2;2*1H. The lowest BCUT2D eigenvalue weighted by Gasteiger charge is -2.27. The van der Waals surface area contributed by atoms with E-state index in [2.05, 4.69) is 41.1 Å². The molecule has 17 heavy (non-hydrogen) atoms. The van der Waals surface area contributed by atoms with Crippen LogP contribution in [-0.2, 0) is 6.54 Å². The Morgan fingerprint density at radius 3 is 2.59 bits per heavy atom. The average molecular weight is 275 g/mol. The van der Waals surface area contributed by atoms with Gasteiger partial charge in [-0.1, -0.05) is 36.9 Å². The van der Waals surface area contributed by atoms with E-state index < -0.39 is 0 Å². The predicted molar refractivity (Wildman–Crippen MR) is 79.2 cm³/mol. The van der Waals surface area contributed by atoms with Crippen LogP contribution >= 0.6 is 24.8 Å². The van der Waals surface area contributed by atoms with Crippen molar-refractivity contribution in [1.82, 2.24) is 10.2 Å². The first-order valence-electron chi connectivity index (χ1n) is 5.53. The molecule has 0 spiro atoms. The van der Waals surface area contributed by atoms with Crippen molar-refractivity contribution in [1.29, 1.82) is 0 Å². The van der Waals surface area contributed by atoms with Crippen LogP contribution in [-0.4, -0.2) is 31.1 Å². The second-order valence-electron chi connectivity index (χ2n) is 3.98. The molecule has 0 radical (unpaired) electrons. The van der Waals surface area contributed by atoms with Gasteiger partial charge in [-0.05, 0) is 11.1 Å². The molecule has 0 atom stereocenters. The van der Waals surface area contributed by atoms with E-state index in [0.29, 0.717) is 0 Å². The minimum Gasteiger partial charge on any atom is -0.314 e. The third kappa shape index (κ3) is 5.09. The Balaban J connectivity index is 0.00000128. The van der Waals surface area contributed by atoms with Gasteiger partial charge in [-0.25, -0.2) is 0 Å². The molecule has 1 aliphatic rings. The van der Waals surface area contributed by atoms with Gasteiger partial charge >= 0.3 is 0 Å². The molecule has 2 nitrogen and oxygen atoms in total. The van der Waals surface area contributed by atoms with Crippen LogP contribution < -0.4 is 5.32 Å². The first-order valence-corrected chi connectivity index (χ1v) is 5.53. The molecule has 0 amide bonds. The number of benzene rings is 1. The van der Waals surface area contributed by atoms with Crippen LogP contribution in [0, 0.1) is 0 Å². The lowest BCUT2D eigenvalue weighted by atomic mass is 10.1. The maximum Gasteiger partial charge on any atom is 0.0235 e. The first kappa shape index (κ1) is 16.5. The highest BCUT2D eigenvalue weighted by Gasteiger charge is 2.09. The highest BCUT2D eigenvalue weighted by molar-refractivity contribution is 5.85. The third-order valence-electron chi connectivity index (χ3n) is 2.80. The molecular formula is C13H20Cl2N2. The molecule has 1 saturated heterocycles. The molecule has 4 heteroatoms. The first-order chi connectivity index (χ1) is 7.38. The van der Waals surface area contributed by atoms with Gasteiger partial charge in [-0.2, -0.15) is 0 Å². The number of halogens is 2. The summed E-state index contributed by atoms with van der Waals surface area (Å²) in [4.78, 5) is 2.48. The lowest BCUT2D eigenvalue weighted by Crippen LogP contribution is -2.42. The van der Waals surface area contributed by atoms with E-state index in [-0.39, 0.29) is 24.8 Å². The van der Waals surface area contributed by atoms with Crippen molar-refractivity contribution in [3.8, 4) is 0 Å². The van der Waals surface area contributed by atoms with E-state index in [0.717, 1.165) is 32.7 Å². The average Bonchev–Trinajstić information content (AvgIpc) is 2.31. The largest absolute Gasteiger partial charge is 0.314 e. The Hall–Kier alpha value is -0.540. The molecule has 0 aliphatic carbocycles. The van der Waals surface area contributed by atoms with Crippen LogP contribution in [0.4, 0.5) is 0 Å². The van der Waals surface area contributed by atoms with Gasteiger partial charge in [0.05, 0.1) is 0 Å². The van der Waals surface area contributed by atoms with Gasteiger partial charge in [0.2, 0.25) is 0 Å². The molecule has 1 aromatic carbocycles. The van der Waals surface area contributed by atoms with Gasteiger partial charge in [0.1, 0.15) is 0 Å². The summed E-state index contributed by atoms with van der Waals surface area (Å²) in [5.74, 6) is 0. The summed E-state index contributed by atoms with van der Waals surface area (Å²) >= 11 is 0. The smallest absolute Gasteiger partial charge is 0.0235 e. The summed E-state index contributed by atoms with van der Waals surface area (Å²) < 4.78 is 0. The Bertz CT molecular complexity index is 336. The molecule has 1 fully saturated rings. The van der Waals surface area contributed by atoms with Gasteiger partial charge in [-0.3, -0.25) is 4.90 Å². The lowest BCUT2D eigenvalue weighted by molar-refractivity contribution is 0.233. The molecule has 1 aromatic rings. The van der Waals surface area contributed by atoms with Gasteiger partial charge in [0.15, 0.2) is 0 Å². The van der Waals surface area contributed by atoms with Crippen LogP contribution in [0.1, 0.15) is 11.1 Å². The number of piperazine rings is 1. The van der Waals surface area contributed by atoms with Crippen molar-refractivity contribution in [2.75, 3.05) is 26.2 Å². The zero-order valence-corrected chi connectivity index (χ0v) is 11.5. The summed E-state index contributed by atoms with van der Waals surface area (Å²) in [5, 5.41) is 3.37. The van der Waals surface area contributed by atoms with Crippen LogP contribution in [0.15, 0.2) is 30.8 Å². The molecule has 0 saturated carbocycles. The molecule has 2 rings (SSSR count). The Kier molecular flexibility index (Phi) is 8.26. The predicted octanol–water partition coefficient (Wildman–Crippen LogP) is 2.58. The van der Waals surface area contributed by atoms with Crippen LogP contribution in [0.3, 0.4) is 0 Å². The highest BCUT2D eigenvalue weighted by atomic mass is 35.5. The monoisotopic (exact) mass is 274 g/mol. The number of nitrogens with zero attached hydrogens (tertiary/aromatic N) is 1. The maximum absolute atomic E-state index is 3.80. The minimum atomic E-state index is 0. The normalized spacial score (nSPS) is 15.5. The van der Waals surface area contributed by atoms with Gasteiger partial charge < -0.3 is 5.32 Å². The van der Waals surface area contributed by atoms with Gasteiger partial charge in [0.25, 0.3) is 0 Å². The van der Waals surface area contributed by atoms with Gasteiger partial charge in [-0.15, -0.1) is 24.8 Å². The Morgan fingerprint density at radius 1 is 1.24 bits per heavy atom. The third-order valence-corrected chi connectivity index (χ3v) is 2.80. The molecule has 1 aliphatic heterocycles. The molecule has 0 bridgehead atoms. The summed E-state index contributed by atoms with van der Waals surface area (Å²) in [6, 6.07) is 8.60. The van der Waals surface area contributed by atoms with Crippen molar-refractivity contribution in [3.05, 3.63) is 42.0 Å². The van der Waals surface area contributed by atoms with E-state index in [1.807, 2.05) is 6.08 Å². The zero-order valence-electron chi connectivity index (χ0n) is 9.89. The van der Waals surface area contributed by atoms with Crippen molar-refractivity contribution in [2.24, 2.45) is 0 Å². The number of hydrogen-bond acceptors (Lipinski definition) is 2. The fourth-order valence-electron chi connectivity index (χ4n) is 1.95. The van der Waals surface area contributed by atoms with E-state index in [4.69, 9.17) is 0 Å². The summed E-state index contributed by atoms with van der Waals surface area (Å²) in [7, 11) is 0. The number of hydrogen-bond donors (Lipinski definition) is 1. The summed E-state index contributed by atoms with van der Waals surface area (Å²) in [5.41, 5.74) is 2.59. The molecule has 1 N–H and O–H groups in total. The number of rotatable bonds is 3. The topological polar surface area (TPSA) is 15.3 Å². The van der Waals surface area contributed by atoms with E-state index in [1.54, 1.807) is 0 Å². The van der Waals surface area contributed by atoms with Crippen LogP contribution in [0.25, 0.3) is 6.08 Å². The van der Waals surface area contributed by atoms with E-state index >= 15 is 0 Å². The Morgan fingerprint density at radius 2 is 1.94 bits per heavy atom. The van der Waals surface area contributed by atoms with Gasteiger partial charge in [0, 0.05) is 32.7 Å². The van der Waals surface area contributed by atoms with Crippen LogP contribution in [0.2, 0.25) is 0 Å². The van der Waals surface area contributed by atoms with Crippen LogP contribution in [0.5, 0.6) is 0 Å².